The second kappa shape index (κ2) is 4.22. The summed E-state index contributed by atoms with van der Waals surface area (Å²) in [7, 11) is 1.75. The van der Waals surface area contributed by atoms with Gasteiger partial charge in [0.05, 0.1) is 11.8 Å². The lowest BCUT2D eigenvalue weighted by Crippen LogP contribution is -2.15. The highest BCUT2D eigenvalue weighted by atomic mass is 16.4. The molecule has 0 amide bonds. The summed E-state index contributed by atoms with van der Waals surface area (Å²) in [5, 5.41) is 12.8. The molecule has 0 spiro atoms. The third-order valence-corrected chi connectivity index (χ3v) is 2.57. The molecule has 1 aromatic carbocycles. The molecule has 0 bridgehead atoms. The van der Waals surface area contributed by atoms with Crippen LogP contribution in [0.25, 0.3) is 11.3 Å². The van der Waals surface area contributed by atoms with Crippen LogP contribution in [0.15, 0.2) is 34.9 Å². The quantitative estimate of drug-likeness (QED) is 0.854. The van der Waals surface area contributed by atoms with Crippen LogP contribution in [0.5, 0.6) is 0 Å². The van der Waals surface area contributed by atoms with Gasteiger partial charge in [0.25, 0.3) is 6.01 Å². The molecule has 1 heterocycles. The van der Waals surface area contributed by atoms with Gasteiger partial charge in [0, 0.05) is 12.6 Å². The van der Waals surface area contributed by atoms with Crippen molar-refractivity contribution in [3.63, 3.8) is 0 Å². The summed E-state index contributed by atoms with van der Waals surface area (Å²) in [5.74, 6) is 0.681. The van der Waals surface area contributed by atoms with Crippen molar-refractivity contribution >= 4 is 6.01 Å². The molecule has 2 rings (SSSR count). The van der Waals surface area contributed by atoms with Gasteiger partial charge in [-0.05, 0) is 25.5 Å². The summed E-state index contributed by atoms with van der Waals surface area (Å²) in [6, 6.07) is 8.09. The van der Waals surface area contributed by atoms with Crippen LogP contribution in [0.2, 0.25) is 0 Å². The van der Waals surface area contributed by atoms with Crippen LogP contribution in [0.1, 0.15) is 19.4 Å². The van der Waals surface area contributed by atoms with Gasteiger partial charge in [-0.25, -0.2) is 4.98 Å². The number of oxazole rings is 1. The predicted molar refractivity (Wildman–Crippen MR) is 66.7 cm³/mol. The molecule has 0 aliphatic heterocycles. The van der Waals surface area contributed by atoms with Gasteiger partial charge in [0.15, 0.2) is 5.76 Å². The molecule has 0 radical (unpaired) electrons. The third-order valence-electron chi connectivity index (χ3n) is 2.57. The van der Waals surface area contributed by atoms with Gasteiger partial charge < -0.3 is 14.8 Å². The zero-order valence-electron chi connectivity index (χ0n) is 10.2. The van der Waals surface area contributed by atoms with E-state index in [1.165, 1.54) is 0 Å². The second-order valence-electron chi connectivity index (χ2n) is 4.42. The van der Waals surface area contributed by atoms with Crippen molar-refractivity contribution < 1.29 is 9.52 Å². The minimum Gasteiger partial charge on any atom is -0.424 e. The van der Waals surface area contributed by atoms with E-state index in [4.69, 9.17) is 4.42 Å². The van der Waals surface area contributed by atoms with Crippen molar-refractivity contribution in [2.24, 2.45) is 0 Å². The van der Waals surface area contributed by atoms with Gasteiger partial charge in [0.2, 0.25) is 0 Å². The van der Waals surface area contributed by atoms with Gasteiger partial charge in [-0.15, -0.1) is 0 Å². The summed E-state index contributed by atoms with van der Waals surface area (Å²) in [5.41, 5.74) is 0.887. The second-order valence-corrected chi connectivity index (χ2v) is 4.42. The van der Waals surface area contributed by atoms with Crippen molar-refractivity contribution in [1.29, 1.82) is 0 Å². The van der Waals surface area contributed by atoms with E-state index in [1.54, 1.807) is 27.1 Å². The first kappa shape index (κ1) is 11.7. The lowest BCUT2D eigenvalue weighted by Gasteiger charge is -2.18. The number of nitrogens with one attached hydrogen (secondary N) is 1. The third kappa shape index (κ3) is 2.47. The number of anilines is 1. The molecule has 0 atom stereocenters. The van der Waals surface area contributed by atoms with Gasteiger partial charge in [-0.2, -0.15) is 0 Å². The highest BCUT2D eigenvalue weighted by molar-refractivity contribution is 5.59. The summed E-state index contributed by atoms with van der Waals surface area (Å²) in [6.07, 6.45) is 1.66. The summed E-state index contributed by atoms with van der Waals surface area (Å²) in [6.45, 7) is 3.51. The number of nitrogens with zero attached hydrogens (tertiary/aromatic N) is 1. The fourth-order valence-electron chi connectivity index (χ4n) is 1.58. The number of hydrogen-bond acceptors (Lipinski definition) is 4. The molecule has 4 heteroatoms. The molecule has 1 aromatic heterocycles. The molecular formula is C13H16N2O2. The monoisotopic (exact) mass is 232 g/mol. The van der Waals surface area contributed by atoms with Crippen molar-refractivity contribution in [3.8, 4) is 11.3 Å². The van der Waals surface area contributed by atoms with Crippen molar-refractivity contribution in [2.45, 2.75) is 19.4 Å². The predicted octanol–water partition coefficient (Wildman–Crippen LogP) is 2.61. The fraction of sp³-hybridized carbons (Fsp3) is 0.308. The number of rotatable bonds is 3. The van der Waals surface area contributed by atoms with E-state index in [9.17, 15) is 5.11 Å². The summed E-state index contributed by atoms with van der Waals surface area (Å²) in [4.78, 5) is 4.06. The van der Waals surface area contributed by atoms with Crippen LogP contribution < -0.4 is 5.32 Å². The van der Waals surface area contributed by atoms with E-state index in [1.807, 2.05) is 24.3 Å². The largest absolute Gasteiger partial charge is 0.424 e. The Bertz CT molecular complexity index is 512. The molecule has 0 saturated carbocycles. The average molecular weight is 232 g/mol. The Hall–Kier alpha value is -1.81. The van der Waals surface area contributed by atoms with E-state index >= 15 is 0 Å². The molecule has 0 fully saturated rings. The highest BCUT2D eigenvalue weighted by Crippen LogP contribution is 2.27. The van der Waals surface area contributed by atoms with Crippen molar-refractivity contribution in [3.05, 3.63) is 36.0 Å². The number of hydrogen-bond donors (Lipinski definition) is 2. The lowest BCUT2D eigenvalue weighted by atomic mass is 9.96. The minimum atomic E-state index is -0.859. The van der Waals surface area contributed by atoms with Crippen LogP contribution in [0.3, 0.4) is 0 Å². The molecule has 90 valence electrons. The first-order valence-electron chi connectivity index (χ1n) is 5.47. The Kier molecular flexibility index (Phi) is 2.90. The highest BCUT2D eigenvalue weighted by Gasteiger charge is 2.16. The van der Waals surface area contributed by atoms with Gasteiger partial charge in [-0.3, -0.25) is 0 Å². The first-order valence-corrected chi connectivity index (χ1v) is 5.47. The van der Waals surface area contributed by atoms with Crippen LogP contribution in [-0.2, 0) is 5.60 Å². The maximum Gasteiger partial charge on any atom is 0.294 e. The van der Waals surface area contributed by atoms with E-state index in [2.05, 4.69) is 10.3 Å². The minimum absolute atomic E-state index is 0.480. The van der Waals surface area contributed by atoms with Gasteiger partial charge >= 0.3 is 0 Å². The standard InChI is InChI=1S/C13H16N2O2/c1-13(2,16)10-6-4-5-9(7-10)11-8-15-12(14-3)17-11/h4-8,16H,1-3H3,(H,14,15). The molecule has 4 nitrogen and oxygen atoms in total. The van der Waals surface area contributed by atoms with Crippen LogP contribution >= 0.6 is 0 Å². The maximum absolute atomic E-state index is 9.95. The number of benzene rings is 1. The smallest absolute Gasteiger partial charge is 0.294 e. The SMILES string of the molecule is CNc1ncc(-c2cccc(C(C)(C)O)c2)o1. The summed E-state index contributed by atoms with van der Waals surface area (Å²) < 4.78 is 5.48. The van der Waals surface area contributed by atoms with Crippen molar-refractivity contribution in [1.82, 2.24) is 4.98 Å². The fourth-order valence-corrected chi connectivity index (χ4v) is 1.58. The zero-order valence-corrected chi connectivity index (χ0v) is 10.2. The molecule has 0 aliphatic carbocycles. The molecular weight excluding hydrogens is 216 g/mol. The molecule has 2 N–H and O–H groups in total. The van der Waals surface area contributed by atoms with Crippen molar-refractivity contribution in [2.75, 3.05) is 12.4 Å². The lowest BCUT2D eigenvalue weighted by molar-refractivity contribution is 0.0786. The topological polar surface area (TPSA) is 58.3 Å². The van der Waals surface area contributed by atoms with E-state index in [0.717, 1.165) is 11.1 Å². The molecule has 0 aliphatic rings. The van der Waals surface area contributed by atoms with Crippen LogP contribution in [0.4, 0.5) is 6.01 Å². The summed E-state index contributed by atoms with van der Waals surface area (Å²) >= 11 is 0. The van der Waals surface area contributed by atoms with Gasteiger partial charge in [0.1, 0.15) is 0 Å². The van der Waals surface area contributed by atoms with Crippen LogP contribution in [-0.4, -0.2) is 17.1 Å². The maximum atomic E-state index is 9.95. The normalized spacial score (nSPS) is 11.5. The number of aromatic nitrogens is 1. The first-order chi connectivity index (χ1) is 8.00. The number of aliphatic hydroxyl groups is 1. The Morgan fingerprint density at radius 2 is 2.12 bits per heavy atom. The van der Waals surface area contributed by atoms with Gasteiger partial charge in [-0.1, -0.05) is 18.2 Å². The molecule has 2 aromatic rings. The molecule has 0 saturated heterocycles. The van der Waals surface area contributed by atoms with E-state index < -0.39 is 5.60 Å². The van der Waals surface area contributed by atoms with Crippen LogP contribution in [0, 0.1) is 0 Å². The average Bonchev–Trinajstić information content (AvgIpc) is 2.76. The Labute approximate surface area is 100 Å². The zero-order chi connectivity index (χ0) is 12.5. The van der Waals surface area contributed by atoms with E-state index in [0.29, 0.717) is 11.8 Å². The Morgan fingerprint density at radius 3 is 2.71 bits per heavy atom. The molecule has 0 unspecified atom stereocenters. The Morgan fingerprint density at radius 1 is 1.35 bits per heavy atom. The Balaban J connectivity index is 2.39. The molecule has 17 heavy (non-hydrogen) atoms. The van der Waals surface area contributed by atoms with E-state index in [-0.39, 0.29) is 0 Å².